The summed E-state index contributed by atoms with van der Waals surface area (Å²) < 4.78 is 0. The van der Waals surface area contributed by atoms with Gasteiger partial charge in [0, 0.05) is 6.04 Å². The average Bonchev–Trinajstić information content (AvgIpc) is 2.82. The Kier molecular flexibility index (Phi) is 28.7. The minimum absolute atomic E-state index is 0.459. The van der Waals surface area contributed by atoms with Gasteiger partial charge in [0.05, 0.1) is 0 Å². The Balaban J connectivity index is 3.18. The lowest BCUT2D eigenvalue weighted by molar-refractivity contribution is 0.474. The summed E-state index contributed by atoms with van der Waals surface area (Å²) in [5.41, 5.74) is 6.34. The number of allylic oxidation sites excluding steroid dienone is 2. The number of hydrogen-bond donors (Lipinski definition) is 1. The molecule has 1 unspecified atom stereocenters. The Labute approximate surface area is 217 Å². The number of unbranched alkanes of at least 4 members (excludes halogenated alkanes) is 20. The van der Waals surface area contributed by atoms with E-state index >= 15 is 0 Å². The second-order valence-corrected chi connectivity index (χ2v) is 11.6. The van der Waals surface area contributed by atoms with Crippen molar-refractivity contribution in [2.45, 2.75) is 194 Å². The van der Waals surface area contributed by atoms with Crippen molar-refractivity contribution < 1.29 is 0 Å². The maximum absolute atomic E-state index is 6.34. The lowest BCUT2D eigenvalue weighted by Gasteiger charge is -2.11. The fourth-order valence-electron chi connectivity index (χ4n) is 4.99. The third-order valence-electron chi connectivity index (χ3n) is 7.44. The molecule has 0 saturated carbocycles. The summed E-state index contributed by atoms with van der Waals surface area (Å²) >= 11 is 0. The lowest BCUT2D eigenvalue weighted by Crippen LogP contribution is -2.19. The molecule has 1 atom stereocenters. The molecule has 34 heavy (non-hydrogen) atoms. The largest absolute Gasteiger partial charge is 0.328 e. The molecule has 1 nitrogen and oxygen atoms in total. The van der Waals surface area contributed by atoms with E-state index < -0.39 is 0 Å². The highest BCUT2D eigenvalue weighted by atomic mass is 14.6. The van der Waals surface area contributed by atoms with Gasteiger partial charge in [0.15, 0.2) is 0 Å². The van der Waals surface area contributed by atoms with Crippen molar-refractivity contribution in [1.29, 1.82) is 0 Å². The number of nitrogens with two attached hydrogens (primary N) is 1. The topological polar surface area (TPSA) is 26.0 Å². The fourth-order valence-corrected chi connectivity index (χ4v) is 4.99. The van der Waals surface area contributed by atoms with E-state index in [0.717, 1.165) is 5.92 Å². The highest BCUT2D eigenvalue weighted by Gasteiger charge is 2.02. The maximum Gasteiger partial charge on any atom is 0.00388 e. The molecule has 0 radical (unpaired) electrons. The summed E-state index contributed by atoms with van der Waals surface area (Å²) in [6, 6.07) is 0.459. The Morgan fingerprint density at radius 1 is 0.441 bits per heavy atom. The zero-order valence-electron chi connectivity index (χ0n) is 24.3. The molecule has 2 N–H and O–H groups in total. The first-order valence-electron chi connectivity index (χ1n) is 16.1. The Bertz CT molecular complexity index is 386. The van der Waals surface area contributed by atoms with Gasteiger partial charge in [-0.25, -0.2) is 0 Å². The molecule has 0 heterocycles. The normalized spacial score (nSPS) is 12.9. The van der Waals surface area contributed by atoms with Gasteiger partial charge in [-0.1, -0.05) is 161 Å². The van der Waals surface area contributed by atoms with Crippen molar-refractivity contribution in [2.24, 2.45) is 11.7 Å². The molecule has 0 saturated heterocycles. The van der Waals surface area contributed by atoms with E-state index in [0.29, 0.717) is 6.04 Å². The van der Waals surface area contributed by atoms with Crippen LogP contribution in [0.4, 0.5) is 0 Å². The van der Waals surface area contributed by atoms with Crippen LogP contribution in [0.5, 0.6) is 0 Å². The predicted octanol–water partition coefficient (Wildman–Crippen LogP) is 11.7. The molecule has 0 rings (SSSR count). The monoisotopic (exact) mass is 478 g/mol. The third-order valence-corrected chi connectivity index (χ3v) is 7.44. The minimum Gasteiger partial charge on any atom is -0.328 e. The molecule has 1 heteroatoms. The van der Waals surface area contributed by atoms with E-state index in [1.165, 1.54) is 167 Å². The van der Waals surface area contributed by atoms with Gasteiger partial charge in [-0.2, -0.15) is 0 Å². The Morgan fingerprint density at radius 2 is 0.765 bits per heavy atom. The van der Waals surface area contributed by atoms with E-state index in [1.54, 1.807) is 0 Å². The van der Waals surface area contributed by atoms with Crippen molar-refractivity contribution in [3.05, 3.63) is 12.2 Å². The van der Waals surface area contributed by atoms with Crippen LogP contribution in [0.3, 0.4) is 0 Å². The minimum atomic E-state index is 0.459. The van der Waals surface area contributed by atoms with E-state index in [-0.39, 0.29) is 0 Å². The number of rotatable bonds is 28. The second-order valence-electron chi connectivity index (χ2n) is 11.6. The van der Waals surface area contributed by atoms with E-state index in [2.05, 4.69) is 32.9 Å². The van der Waals surface area contributed by atoms with Gasteiger partial charge < -0.3 is 5.73 Å². The fraction of sp³-hybridized carbons (Fsp3) is 0.939. The third kappa shape index (κ3) is 29.7. The second kappa shape index (κ2) is 28.9. The van der Waals surface area contributed by atoms with Crippen LogP contribution in [-0.2, 0) is 0 Å². The van der Waals surface area contributed by atoms with Crippen LogP contribution in [0.25, 0.3) is 0 Å². The van der Waals surface area contributed by atoms with Gasteiger partial charge in [0.25, 0.3) is 0 Å². The molecule has 0 spiro atoms. The van der Waals surface area contributed by atoms with E-state index in [1.807, 2.05) is 0 Å². The molecule has 0 aromatic heterocycles. The molecule has 0 aliphatic heterocycles. The van der Waals surface area contributed by atoms with Crippen LogP contribution in [0.2, 0.25) is 0 Å². The van der Waals surface area contributed by atoms with Crippen LogP contribution in [0, 0.1) is 5.92 Å². The zero-order chi connectivity index (χ0) is 25.0. The van der Waals surface area contributed by atoms with Gasteiger partial charge in [-0.3, -0.25) is 0 Å². The molecule has 204 valence electrons. The summed E-state index contributed by atoms with van der Waals surface area (Å²) in [4.78, 5) is 0. The first-order valence-corrected chi connectivity index (χ1v) is 16.1. The lowest BCUT2D eigenvalue weighted by atomic mass is 10.00. The van der Waals surface area contributed by atoms with Gasteiger partial charge >= 0.3 is 0 Å². The summed E-state index contributed by atoms with van der Waals surface area (Å²) in [5.74, 6) is 0.875. The molecular formula is C33H67N. The predicted molar refractivity (Wildman–Crippen MR) is 158 cm³/mol. The molecule has 0 amide bonds. The summed E-state index contributed by atoms with van der Waals surface area (Å²) in [6.07, 6.45) is 41.0. The molecule has 0 aromatic rings. The quantitative estimate of drug-likeness (QED) is 0.0879. The summed E-state index contributed by atoms with van der Waals surface area (Å²) in [7, 11) is 0. The van der Waals surface area contributed by atoms with Crippen LogP contribution >= 0.6 is 0 Å². The Morgan fingerprint density at radius 3 is 1.15 bits per heavy atom. The van der Waals surface area contributed by atoms with Gasteiger partial charge in [-0.05, 0) is 44.4 Å². The molecule has 0 aliphatic carbocycles. The van der Waals surface area contributed by atoms with Crippen molar-refractivity contribution in [1.82, 2.24) is 0 Å². The van der Waals surface area contributed by atoms with Crippen LogP contribution in [0.15, 0.2) is 12.2 Å². The van der Waals surface area contributed by atoms with E-state index in [4.69, 9.17) is 5.73 Å². The molecule has 0 aromatic carbocycles. The van der Waals surface area contributed by atoms with Gasteiger partial charge in [0.1, 0.15) is 0 Å². The molecular weight excluding hydrogens is 410 g/mol. The van der Waals surface area contributed by atoms with Gasteiger partial charge in [-0.15, -0.1) is 0 Å². The Hall–Kier alpha value is -0.300. The molecule has 0 fully saturated rings. The highest BCUT2D eigenvalue weighted by molar-refractivity contribution is 4.81. The van der Waals surface area contributed by atoms with Gasteiger partial charge in [0.2, 0.25) is 0 Å². The standard InChI is InChI=1S/C33H67N/c1-4-5-6-7-8-9-10-11-12-13-14-15-16-17-18-19-20-24-27-30-33(34)31-28-25-22-21-23-26-29-32(2)3/h11-12,32-33H,4-10,13-31,34H2,1-3H3. The van der Waals surface area contributed by atoms with Crippen LogP contribution in [0.1, 0.15) is 188 Å². The number of hydrogen-bond acceptors (Lipinski definition) is 1. The maximum atomic E-state index is 6.34. The van der Waals surface area contributed by atoms with Crippen molar-refractivity contribution in [3.8, 4) is 0 Å². The van der Waals surface area contributed by atoms with Crippen molar-refractivity contribution in [3.63, 3.8) is 0 Å². The van der Waals surface area contributed by atoms with Crippen LogP contribution < -0.4 is 5.73 Å². The van der Waals surface area contributed by atoms with Crippen molar-refractivity contribution >= 4 is 0 Å². The zero-order valence-corrected chi connectivity index (χ0v) is 24.3. The molecule has 0 bridgehead atoms. The summed E-state index contributed by atoms with van der Waals surface area (Å²) in [6.45, 7) is 6.96. The SMILES string of the molecule is CCCCCCCCC=CCCCCCCCCCCCC(N)CCCCCCCCC(C)C. The van der Waals surface area contributed by atoms with Crippen molar-refractivity contribution in [2.75, 3.05) is 0 Å². The smallest absolute Gasteiger partial charge is 0.00388 e. The molecule has 0 aliphatic rings. The average molecular weight is 478 g/mol. The van der Waals surface area contributed by atoms with Crippen LogP contribution in [-0.4, -0.2) is 6.04 Å². The van der Waals surface area contributed by atoms with E-state index in [9.17, 15) is 0 Å². The first-order chi connectivity index (χ1) is 16.7. The highest BCUT2D eigenvalue weighted by Crippen LogP contribution is 2.15. The first kappa shape index (κ1) is 33.7. The summed E-state index contributed by atoms with van der Waals surface area (Å²) in [5, 5.41) is 0.